The van der Waals surface area contributed by atoms with E-state index in [4.69, 9.17) is 9.41 Å². The van der Waals surface area contributed by atoms with Crippen molar-refractivity contribution in [1.82, 2.24) is 10.2 Å². The summed E-state index contributed by atoms with van der Waals surface area (Å²) in [5.41, 5.74) is 1.90. The van der Waals surface area contributed by atoms with Crippen LogP contribution in [0.25, 0.3) is 0 Å². The third kappa shape index (κ3) is 5.61. The molecule has 6 nitrogen and oxygen atoms in total. The molecule has 144 valence electrons. The number of hydrogen-bond acceptors (Lipinski definition) is 3. The predicted molar refractivity (Wildman–Crippen MR) is 108 cm³/mol. The highest BCUT2D eigenvalue weighted by Crippen LogP contribution is 2.13. The van der Waals surface area contributed by atoms with Gasteiger partial charge in [-0.05, 0) is 50.8 Å². The molecule has 6 heteroatoms. The Kier molecular flexibility index (Phi) is 6.90. The molecular weight excluding hydrogens is 340 g/mol. The molecule has 0 saturated carbocycles. The Morgan fingerprint density at radius 3 is 2.63 bits per heavy atom. The van der Waals surface area contributed by atoms with Gasteiger partial charge in [0, 0.05) is 37.4 Å². The Balaban J connectivity index is 1.51. The molecule has 1 fully saturated rings. The van der Waals surface area contributed by atoms with Crippen molar-refractivity contribution in [3.63, 3.8) is 0 Å². The van der Waals surface area contributed by atoms with Crippen molar-refractivity contribution in [3.8, 4) is 0 Å². The van der Waals surface area contributed by atoms with Gasteiger partial charge in [0.2, 0.25) is 0 Å². The van der Waals surface area contributed by atoms with Crippen LogP contribution in [-0.2, 0) is 0 Å². The number of aliphatic imine (C=N–C) groups is 1. The molecule has 1 saturated heterocycles. The molecule has 1 aromatic carbocycles. The highest BCUT2D eigenvalue weighted by atomic mass is 16.3. The van der Waals surface area contributed by atoms with E-state index in [1.165, 1.54) is 25.5 Å². The lowest BCUT2D eigenvalue weighted by Gasteiger charge is -2.30. The van der Waals surface area contributed by atoms with E-state index in [0.29, 0.717) is 18.8 Å². The monoisotopic (exact) mass is 368 g/mol. The molecule has 0 unspecified atom stereocenters. The maximum Gasteiger partial charge on any atom is 0.287 e. The second-order valence-electron chi connectivity index (χ2n) is 6.79. The average molecular weight is 368 g/mol. The number of benzene rings is 1. The smallest absolute Gasteiger partial charge is 0.287 e. The van der Waals surface area contributed by atoms with Crippen LogP contribution in [0.2, 0.25) is 0 Å². The van der Waals surface area contributed by atoms with Gasteiger partial charge in [-0.3, -0.25) is 9.79 Å². The quantitative estimate of drug-likeness (QED) is 0.464. The average Bonchev–Trinajstić information content (AvgIpc) is 3.14. The summed E-state index contributed by atoms with van der Waals surface area (Å²) >= 11 is 0. The van der Waals surface area contributed by atoms with Crippen LogP contribution in [0.1, 0.15) is 41.8 Å². The van der Waals surface area contributed by atoms with Crippen molar-refractivity contribution in [2.45, 2.75) is 32.6 Å². The minimum absolute atomic E-state index is 0.167. The third-order valence-electron chi connectivity index (χ3n) is 4.64. The SMILES string of the molecule is Cc1ccoc1C(=O)NCCCN=C(Nc1ccccc1)N1CCCCC1. The first-order valence-corrected chi connectivity index (χ1v) is 9.68. The predicted octanol–water partition coefficient (Wildman–Crippen LogP) is 3.66. The lowest BCUT2D eigenvalue weighted by Crippen LogP contribution is -2.40. The molecule has 1 aromatic heterocycles. The molecule has 27 heavy (non-hydrogen) atoms. The summed E-state index contributed by atoms with van der Waals surface area (Å²) in [6.45, 7) is 5.16. The fraction of sp³-hybridized carbons (Fsp3) is 0.429. The molecule has 0 spiro atoms. The van der Waals surface area contributed by atoms with Gasteiger partial charge in [0.1, 0.15) is 0 Å². The number of carbonyl (C=O) groups excluding carboxylic acids is 1. The van der Waals surface area contributed by atoms with Gasteiger partial charge in [-0.1, -0.05) is 18.2 Å². The van der Waals surface area contributed by atoms with Crippen molar-refractivity contribution in [2.75, 3.05) is 31.5 Å². The van der Waals surface area contributed by atoms with E-state index in [0.717, 1.165) is 36.7 Å². The van der Waals surface area contributed by atoms with Crippen LogP contribution in [0.5, 0.6) is 0 Å². The molecule has 1 aliphatic heterocycles. The zero-order chi connectivity index (χ0) is 18.9. The Morgan fingerprint density at radius 2 is 1.93 bits per heavy atom. The van der Waals surface area contributed by atoms with Crippen molar-refractivity contribution in [3.05, 3.63) is 54.0 Å². The first kappa shape index (κ1) is 19.0. The molecule has 2 heterocycles. The number of para-hydroxylation sites is 1. The fourth-order valence-corrected chi connectivity index (χ4v) is 3.13. The number of nitrogens with one attached hydrogen (secondary N) is 2. The Morgan fingerprint density at radius 1 is 1.15 bits per heavy atom. The van der Waals surface area contributed by atoms with Crippen molar-refractivity contribution in [2.24, 2.45) is 4.99 Å². The standard InChI is InChI=1S/C21H28N4O2/c1-17-11-16-27-19(17)20(26)22-12-8-13-23-21(25-14-6-3-7-15-25)24-18-9-4-2-5-10-18/h2,4-5,9-11,16H,3,6-8,12-15H2,1H3,(H,22,26)(H,23,24). The van der Waals surface area contributed by atoms with E-state index in [1.807, 2.05) is 37.3 Å². The largest absolute Gasteiger partial charge is 0.459 e. The minimum Gasteiger partial charge on any atom is -0.459 e. The van der Waals surface area contributed by atoms with Crippen LogP contribution in [0, 0.1) is 6.92 Å². The van der Waals surface area contributed by atoms with Crippen LogP contribution in [0.15, 0.2) is 52.1 Å². The minimum atomic E-state index is -0.167. The van der Waals surface area contributed by atoms with Gasteiger partial charge in [-0.15, -0.1) is 0 Å². The first-order chi connectivity index (χ1) is 13.2. The van der Waals surface area contributed by atoms with E-state index in [2.05, 4.69) is 15.5 Å². The maximum absolute atomic E-state index is 12.1. The number of furan rings is 1. The zero-order valence-corrected chi connectivity index (χ0v) is 15.9. The van der Waals surface area contributed by atoms with Crippen molar-refractivity contribution < 1.29 is 9.21 Å². The van der Waals surface area contributed by atoms with E-state index >= 15 is 0 Å². The second kappa shape index (κ2) is 9.80. The molecule has 1 aliphatic rings. The van der Waals surface area contributed by atoms with E-state index in [-0.39, 0.29) is 5.91 Å². The van der Waals surface area contributed by atoms with Crippen molar-refractivity contribution >= 4 is 17.6 Å². The number of guanidine groups is 1. The summed E-state index contributed by atoms with van der Waals surface area (Å²) in [4.78, 5) is 19.1. The lowest BCUT2D eigenvalue weighted by molar-refractivity contribution is 0.0925. The molecule has 1 amide bonds. The summed E-state index contributed by atoms with van der Waals surface area (Å²) in [6, 6.07) is 11.9. The zero-order valence-electron chi connectivity index (χ0n) is 15.9. The number of rotatable bonds is 6. The summed E-state index contributed by atoms with van der Waals surface area (Å²) in [6.07, 6.45) is 6.00. The van der Waals surface area contributed by atoms with Gasteiger partial charge < -0.3 is 20.0 Å². The van der Waals surface area contributed by atoms with Crippen LogP contribution < -0.4 is 10.6 Å². The molecule has 0 atom stereocenters. The second-order valence-corrected chi connectivity index (χ2v) is 6.79. The number of nitrogens with zero attached hydrogens (tertiary/aromatic N) is 2. The fourth-order valence-electron chi connectivity index (χ4n) is 3.13. The molecule has 2 aromatic rings. The van der Waals surface area contributed by atoms with Crippen molar-refractivity contribution in [1.29, 1.82) is 0 Å². The van der Waals surface area contributed by atoms with Crippen LogP contribution in [-0.4, -0.2) is 42.9 Å². The Bertz CT molecular complexity index is 749. The number of hydrogen-bond donors (Lipinski definition) is 2. The topological polar surface area (TPSA) is 69.9 Å². The number of anilines is 1. The Labute approximate surface area is 160 Å². The summed E-state index contributed by atoms with van der Waals surface area (Å²) in [5.74, 6) is 1.15. The number of amides is 1. The molecule has 0 radical (unpaired) electrons. The molecule has 0 aliphatic carbocycles. The molecular formula is C21H28N4O2. The molecule has 3 rings (SSSR count). The van der Waals surface area contributed by atoms with E-state index in [1.54, 1.807) is 6.07 Å². The number of aryl methyl sites for hydroxylation is 1. The maximum atomic E-state index is 12.1. The summed E-state index contributed by atoms with van der Waals surface area (Å²) < 4.78 is 5.21. The highest BCUT2D eigenvalue weighted by molar-refractivity contribution is 5.94. The van der Waals surface area contributed by atoms with Gasteiger partial charge in [-0.2, -0.15) is 0 Å². The highest BCUT2D eigenvalue weighted by Gasteiger charge is 2.15. The van der Waals surface area contributed by atoms with Gasteiger partial charge >= 0.3 is 0 Å². The van der Waals surface area contributed by atoms with Gasteiger partial charge in [0.25, 0.3) is 5.91 Å². The first-order valence-electron chi connectivity index (χ1n) is 9.68. The van der Waals surface area contributed by atoms with Crippen LogP contribution >= 0.6 is 0 Å². The van der Waals surface area contributed by atoms with Gasteiger partial charge in [-0.25, -0.2) is 0 Å². The third-order valence-corrected chi connectivity index (χ3v) is 4.64. The summed E-state index contributed by atoms with van der Waals surface area (Å²) in [7, 11) is 0. The van der Waals surface area contributed by atoms with E-state index in [9.17, 15) is 4.79 Å². The van der Waals surface area contributed by atoms with E-state index < -0.39 is 0 Å². The molecule has 0 bridgehead atoms. The Hall–Kier alpha value is -2.76. The van der Waals surface area contributed by atoms with Gasteiger partial charge in [0.15, 0.2) is 11.7 Å². The normalized spacial score (nSPS) is 14.9. The van der Waals surface area contributed by atoms with Crippen LogP contribution in [0.4, 0.5) is 5.69 Å². The molecule has 2 N–H and O–H groups in total. The van der Waals surface area contributed by atoms with Gasteiger partial charge in [0.05, 0.1) is 6.26 Å². The lowest BCUT2D eigenvalue weighted by atomic mass is 10.1. The number of likely N-dealkylation sites (tertiary alicyclic amines) is 1. The number of piperidine rings is 1. The number of carbonyl (C=O) groups is 1. The summed E-state index contributed by atoms with van der Waals surface area (Å²) in [5, 5.41) is 6.34. The van der Waals surface area contributed by atoms with Crippen LogP contribution in [0.3, 0.4) is 0 Å².